The molecule has 2 amide bonds. The number of carbonyl (C=O) groups excluding carboxylic acids is 2. The first-order valence-corrected chi connectivity index (χ1v) is 8.73. The number of benzene rings is 1. The van der Waals surface area contributed by atoms with Crippen LogP contribution >= 0.6 is 0 Å². The molecule has 0 saturated carbocycles. The lowest BCUT2D eigenvalue weighted by Gasteiger charge is -2.36. The molecular formula is C18H24F3N3O2. The van der Waals surface area contributed by atoms with Crippen molar-refractivity contribution in [3.8, 4) is 0 Å². The molecule has 0 aromatic heterocycles. The maximum atomic E-state index is 12.8. The summed E-state index contributed by atoms with van der Waals surface area (Å²) in [5, 5.41) is 2.77. The number of alkyl halides is 3. The minimum atomic E-state index is -4.43. The fourth-order valence-corrected chi connectivity index (χ4v) is 3.13. The van der Waals surface area contributed by atoms with Crippen LogP contribution in [-0.2, 0) is 22.2 Å². The van der Waals surface area contributed by atoms with Gasteiger partial charge in [0.05, 0.1) is 12.0 Å². The van der Waals surface area contributed by atoms with E-state index in [4.69, 9.17) is 5.73 Å². The number of rotatable bonds is 6. The van der Waals surface area contributed by atoms with Crippen LogP contribution in [0.15, 0.2) is 24.3 Å². The van der Waals surface area contributed by atoms with Gasteiger partial charge in [-0.3, -0.25) is 9.59 Å². The van der Waals surface area contributed by atoms with E-state index in [0.717, 1.165) is 31.4 Å². The van der Waals surface area contributed by atoms with Crippen LogP contribution in [0, 0.1) is 0 Å². The summed E-state index contributed by atoms with van der Waals surface area (Å²) in [6, 6.07) is 4.70. The summed E-state index contributed by atoms with van der Waals surface area (Å²) in [5.74, 6) is -0.384. The average Bonchev–Trinajstić information content (AvgIpc) is 2.60. The van der Waals surface area contributed by atoms with Crippen LogP contribution in [0.2, 0.25) is 0 Å². The minimum Gasteiger partial charge on any atom is -0.354 e. The number of piperidine rings is 1. The van der Waals surface area contributed by atoms with Gasteiger partial charge in [0.25, 0.3) is 0 Å². The molecular weight excluding hydrogens is 347 g/mol. The smallest absolute Gasteiger partial charge is 0.354 e. The molecule has 144 valence electrons. The first kappa shape index (κ1) is 20.2. The zero-order chi connectivity index (χ0) is 19.2. The quantitative estimate of drug-likeness (QED) is 0.804. The fraction of sp³-hybridized carbons (Fsp3) is 0.556. The fourth-order valence-electron chi connectivity index (χ4n) is 3.13. The topological polar surface area (TPSA) is 75.4 Å². The Balaban J connectivity index is 2.00. The van der Waals surface area contributed by atoms with Gasteiger partial charge in [-0.1, -0.05) is 18.2 Å². The summed E-state index contributed by atoms with van der Waals surface area (Å²) in [4.78, 5) is 25.9. The maximum Gasteiger partial charge on any atom is 0.416 e. The molecule has 1 unspecified atom stereocenters. The van der Waals surface area contributed by atoms with E-state index in [1.165, 1.54) is 12.1 Å². The van der Waals surface area contributed by atoms with Gasteiger partial charge in [0, 0.05) is 32.1 Å². The Kier molecular flexibility index (Phi) is 7.02. The summed E-state index contributed by atoms with van der Waals surface area (Å²) in [7, 11) is 0. The molecule has 1 aliphatic rings. The number of nitrogens with one attached hydrogen (secondary N) is 1. The molecule has 1 atom stereocenters. The van der Waals surface area contributed by atoms with Gasteiger partial charge in [0.15, 0.2) is 0 Å². The Morgan fingerprint density at radius 3 is 2.73 bits per heavy atom. The van der Waals surface area contributed by atoms with Gasteiger partial charge in [-0.2, -0.15) is 13.2 Å². The van der Waals surface area contributed by atoms with Crippen LogP contribution in [-0.4, -0.2) is 42.4 Å². The molecule has 1 heterocycles. The number of hydrogen-bond donors (Lipinski definition) is 2. The molecule has 26 heavy (non-hydrogen) atoms. The Labute approximate surface area is 150 Å². The standard InChI is InChI=1S/C18H24F3N3O2/c19-18(20,21)14-5-3-4-13(10-14)11-17(26)24-9-2-1-6-15(24)12-23-16(25)7-8-22/h3-5,10,15H,1-2,6-9,11-12,22H2,(H,23,25). The van der Waals surface area contributed by atoms with Gasteiger partial charge in [0.1, 0.15) is 0 Å². The van der Waals surface area contributed by atoms with Crippen molar-refractivity contribution in [2.75, 3.05) is 19.6 Å². The maximum absolute atomic E-state index is 12.8. The van der Waals surface area contributed by atoms with Crippen LogP contribution in [0.1, 0.15) is 36.8 Å². The average molecular weight is 371 g/mol. The third kappa shape index (κ3) is 5.72. The molecule has 1 saturated heterocycles. The Morgan fingerprint density at radius 1 is 1.27 bits per heavy atom. The van der Waals surface area contributed by atoms with Crippen molar-refractivity contribution in [2.24, 2.45) is 5.73 Å². The van der Waals surface area contributed by atoms with E-state index < -0.39 is 11.7 Å². The number of likely N-dealkylation sites (tertiary alicyclic amines) is 1. The Morgan fingerprint density at radius 2 is 2.04 bits per heavy atom. The van der Waals surface area contributed by atoms with Gasteiger partial charge in [-0.25, -0.2) is 0 Å². The molecule has 5 nitrogen and oxygen atoms in total. The van der Waals surface area contributed by atoms with E-state index in [2.05, 4.69) is 5.32 Å². The second-order valence-corrected chi connectivity index (χ2v) is 6.45. The van der Waals surface area contributed by atoms with E-state index in [-0.39, 0.29) is 37.2 Å². The van der Waals surface area contributed by atoms with Crippen LogP contribution in [0.3, 0.4) is 0 Å². The van der Waals surface area contributed by atoms with Gasteiger partial charge in [-0.05, 0) is 30.9 Å². The van der Waals surface area contributed by atoms with Gasteiger partial charge in [-0.15, -0.1) is 0 Å². The van der Waals surface area contributed by atoms with Crippen molar-refractivity contribution in [3.05, 3.63) is 35.4 Å². The van der Waals surface area contributed by atoms with Crippen LogP contribution in [0.4, 0.5) is 13.2 Å². The normalized spacial score (nSPS) is 17.8. The van der Waals surface area contributed by atoms with Crippen LogP contribution < -0.4 is 11.1 Å². The lowest BCUT2D eigenvalue weighted by Crippen LogP contribution is -2.50. The van der Waals surface area contributed by atoms with E-state index in [9.17, 15) is 22.8 Å². The number of nitrogens with zero attached hydrogens (tertiary/aromatic N) is 1. The molecule has 1 aromatic carbocycles. The van der Waals surface area contributed by atoms with Crippen molar-refractivity contribution in [1.82, 2.24) is 10.2 Å². The highest BCUT2D eigenvalue weighted by Gasteiger charge is 2.31. The summed E-state index contributed by atoms with van der Waals surface area (Å²) < 4.78 is 38.4. The van der Waals surface area contributed by atoms with Gasteiger partial charge < -0.3 is 16.0 Å². The highest BCUT2D eigenvalue weighted by atomic mass is 19.4. The van der Waals surface area contributed by atoms with Crippen molar-refractivity contribution in [3.63, 3.8) is 0 Å². The van der Waals surface area contributed by atoms with Crippen molar-refractivity contribution in [1.29, 1.82) is 0 Å². The number of nitrogens with two attached hydrogens (primary N) is 1. The third-order valence-electron chi connectivity index (χ3n) is 4.46. The minimum absolute atomic E-state index is 0.0861. The Bertz CT molecular complexity index is 634. The first-order chi connectivity index (χ1) is 12.3. The van der Waals surface area contributed by atoms with E-state index >= 15 is 0 Å². The molecule has 2 rings (SSSR count). The molecule has 0 radical (unpaired) electrons. The molecule has 8 heteroatoms. The summed E-state index contributed by atoms with van der Waals surface area (Å²) >= 11 is 0. The Hall–Kier alpha value is -2.09. The van der Waals surface area contributed by atoms with Crippen molar-refractivity contribution >= 4 is 11.8 Å². The molecule has 0 spiro atoms. The molecule has 0 bridgehead atoms. The lowest BCUT2D eigenvalue weighted by molar-refractivity contribution is -0.138. The summed E-state index contributed by atoms with van der Waals surface area (Å²) in [6.07, 6.45) is -1.73. The molecule has 1 aliphatic heterocycles. The predicted molar refractivity (Wildman–Crippen MR) is 91.2 cm³/mol. The lowest BCUT2D eigenvalue weighted by atomic mass is 10.00. The van der Waals surface area contributed by atoms with Crippen molar-refractivity contribution < 1.29 is 22.8 Å². The van der Waals surface area contributed by atoms with E-state index in [0.29, 0.717) is 18.7 Å². The number of halogens is 3. The molecule has 1 aromatic rings. The number of hydrogen-bond acceptors (Lipinski definition) is 3. The number of amides is 2. The van der Waals surface area contributed by atoms with Crippen LogP contribution in [0.5, 0.6) is 0 Å². The summed E-state index contributed by atoms with van der Waals surface area (Å²) in [6.45, 7) is 1.15. The summed E-state index contributed by atoms with van der Waals surface area (Å²) in [5.41, 5.74) is 4.91. The zero-order valence-electron chi connectivity index (χ0n) is 14.5. The largest absolute Gasteiger partial charge is 0.416 e. The first-order valence-electron chi connectivity index (χ1n) is 8.73. The van der Waals surface area contributed by atoms with Crippen LogP contribution in [0.25, 0.3) is 0 Å². The zero-order valence-corrected chi connectivity index (χ0v) is 14.5. The van der Waals surface area contributed by atoms with Gasteiger partial charge in [0.2, 0.25) is 11.8 Å². The molecule has 0 aliphatic carbocycles. The van der Waals surface area contributed by atoms with Crippen molar-refractivity contribution in [2.45, 2.75) is 44.3 Å². The second-order valence-electron chi connectivity index (χ2n) is 6.45. The molecule has 3 N–H and O–H groups in total. The highest BCUT2D eigenvalue weighted by molar-refractivity contribution is 5.79. The second kappa shape index (κ2) is 9.02. The monoisotopic (exact) mass is 371 g/mol. The van der Waals surface area contributed by atoms with E-state index in [1.807, 2.05) is 0 Å². The predicted octanol–water partition coefficient (Wildman–Crippen LogP) is 2.09. The molecule has 1 fully saturated rings. The number of carbonyl (C=O) groups is 2. The SMILES string of the molecule is NCCC(=O)NCC1CCCCN1C(=O)Cc1cccc(C(F)(F)F)c1. The highest BCUT2D eigenvalue weighted by Crippen LogP contribution is 2.29. The van der Waals surface area contributed by atoms with E-state index in [1.54, 1.807) is 4.90 Å². The van der Waals surface area contributed by atoms with Gasteiger partial charge >= 0.3 is 6.18 Å². The third-order valence-corrected chi connectivity index (χ3v) is 4.46.